The molecule has 2 saturated heterocycles. The summed E-state index contributed by atoms with van der Waals surface area (Å²) in [6.45, 7) is 5.59. The standard InChI is InChI=1S/C28H35F3N4O5S/c1-15-5-4-7-32-23(15)26(28(39)6-8-40-27(2,3)14-28)41-13-20(37)24(25(38)21(41)12-36)35-11-19(33-34-35)16-9-17(29)22(31)18(30)10-16/h4-5,7,9-11,20-21,24-26,36-39,41H,6,8,12-14H2,1-3H3/t20-,21+,24-,25-,26+,28+/m0/s1. The van der Waals surface area contributed by atoms with E-state index in [1.54, 1.807) is 12.3 Å². The number of pyridine rings is 1. The van der Waals surface area contributed by atoms with Gasteiger partial charge in [-0.15, -0.1) is 5.10 Å². The third kappa shape index (κ3) is 5.63. The summed E-state index contributed by atoms with van der Waals surface area (Å²) in [5, 5.41) is 52.4. The Morgan fingerprint density at radius 3 is 2.54 bits per heavy atom. The van der Waals surface area contributed by atoms with Crippen molar-refractivity contribution < 1.29 is 38.3 Å². The van der Waals surface area contributed by atoms with Crippen LogP contribution < -0.4 is 0 Å². The monoisotopic (exact) mass is 596 g/mol. The zero-order valence-corrected chi connectivity index (χ0v) is 23.8. The number of hydrogen-bond donors (Lipinski definition) is 5. The van der Waals surface area contributed by atoms with Crippen LogP contribution in [0, 0.1) is 24.4 Å². The second-order valence-electron chi connectivity index (χ2n) is 11.6. The molecule has 41 heavy (non-hydrogen) atoms. The smallest absolute Gasteiger partial charge is 0.194 e. The number of aliphatic hydroxyl groups excluding tert-OH is 3. The van der Waals surface area contributed by atoms with Crippen molar-refractivity contribution in [1.29, 1.82) is 0 Å². The fourth-order valence-corrected chi connectivity index (χ4v) is 10.0. The van der Waals surface area contributed by atoms with Crippen molar-refractivity contribution in [2.45, 2.75) is 73.6 Å². The number of benzene rings is 1. The molecule has 1 aromatic carbocycles. The Balaban J connectivity index is 1.51. The van der Waals surface area contributed by atoms with Gasteiger partial charge < -0.3 is 25.2 Å². The number of nitrogens with zero attached hydrogens (tertiary/aromatic N) is 4. The molecule has 0 saturated carbocycles. The highest BCUT2D eigenvalue weighted by molar-refractivity contribution is 8.18. The predicted molar refractivity (Wildman–Crippen MR) is 147 cm³/mol. The molecule has 4 N–H and O–H groups in total. The average Bonchev–Trinajstić information content (AvgIpc) is 3.37. The fraction of sp³-hybridized carbons (Fsp3) is 0.536. The number of halogens is 3. The SMILES string of the molecule is Cc1cccnc1[C@@H]([SH]1C[C@H](O)[C@H](n2cc(-c3cc(F)c(F)c(F)c3)nn2)[C@@H](O)[C@H]1CO)[C@@]1(O)CCOC(C)(C)C1. The van der Waals surface area contributed by atoms with Crippen LogP contribution in [0.25, 0.3) is 11.3 Å². The maximum absolute atomic E-state index is 13.8. The lowest BCUT2D eigenvalue weighted by Crippen LogP contribution is -2.55. The second kappa shape index (κ2) is 11.3. The van der Waals surface area contributed by atoms with E-state index < -0.39 is 74.9 Å². The van der Waals surface area contributed by atoms with Crippen molar-refractivity contribution in [2.75, 3.05) is 19.0 Å². The van der Waals surface area contributed by atoms with Crippen LogP contribution in [0.5, 0.6) is 0 Å². The first-order chi connectivity index (χ1) is 19.3. The Labute approximate surface area is 238 Å². The molecule has 13 heteroatoms. The third-order valence-corrected chi connectivity index (χ3v) is 11.7. The van der Waals surface area contributed by atoms with E-state index in [1.165, 1.54) is 10.9 Å². The summed E-state index contributed by atoms with van der Waals surface area (Å²) in [7, 11) is -1.47. The summed E-state index contributed by atoms with van der Waals surface area (Å²) >= 11 is 0. The van der Waals surface area contributed by atoms with Gasteiger partial charge in [0, 0.05) is 35.6 Å². The summed E-state index contributed by atoms with van der Waals surface area (Å²) in [6, 6.07) is 4.21. The molecule has 0 bridgehead atoms. The Morgan fingerprint density at radius 2 is 1.90 bits per heavy atom. The highest BCUT2D eigenvalue weighted by Gasteiger charge is 2.54. The predicted octanol–water partition coefficient (Wildman–Crippen LogP) is 2.77. The van der Waals surface area contributed by atoms with Crippen LogP contribution in [-0.2, 0) is 4.74 Å². The minimum Gasteiger partial charge on any atom is -0.395 e. The first-order valence-electron chi connectivity index (χ1n) is 13.4. The number of rotatable bonds is 6. The lowest BCUT2D eigenvalue weighted by Gasteiger charge is -2.54. The van der Waals surface area contributed by atoms with E-state index in [0.29, 0.717) is 25.1 Å². The molecule has 2 aromatic heterocycles. The molecule has 0 amide bonds. The molecule has 5 rings (SSSR count). The summed E-state index contributed by atoms with van der Waals surface area (Å²) < 4.78 is 48.2. The van der Waals surface area contributed by atoms with Crippen molar-refractivity contribution in [2.24, 2.45) is 0 Å². The molecule has 2 fully saturated rings. The van der Waals surface area contributed by atoms with Gasteiger partial charge in [0.1, 0.15) is 11.7 Å². The Kier molecular flexibility index (Phi) is 8.22. The van der Waals surface area contributed by atoms with Crippen LogP contribution in [0.4, 0.5) is 13.2 Å². The van der Waals surface area contributed by atoms with E-state index in [2.05, 4.69) is 15.3 Å². The van der Waals surface area contributed by atoms with E-state index in [9.17, 15) is 33.6 Å². The Hall–Kier alpha value is -2.55. The summed E-state index contributed by atoms with van der Waals surface area (Å²) in [5.74, 6) is -4.24. The van der Waals surface area contributed by atoms with Gasteiger partial charge in [-0.25, -0.2) is 28.7 Å². The van der Waals surface area contributed by atoms with E-state index in [4.69, 9.17) is 4.74 Å². The Morgan fingerprint density at radius 1 is 1.20 bits per heavy atom. The molecule has 7 atom stereocenters. The normalized spacial score (nSPS) is 31.6. The quantitative estimate of drug-likeness (QED) is 0.217. The zero-order chi connectivity index (χ0) is 29.7. The largest absolute Gasteiger partial charge is 0.395 e. The van der Waals surface area contributed by atoms with E-state index in [0.717, 1.165) is 17.7 Å². The van der Waals surface area contributed by atoms with E-state index >= 15 is 0 Å². The van der Waals surface area contributed by atoms with Crippen molar-refractivity contribution in [3.63, 3.8) is 0 Å². The number of thiol groups is 1. The van der Waals surface area contributed by atoms with Gasteiger partial charge in [0.15, 0.2) is 17.5 Å². The molecule has 1 unspecified atom stereocenters. The molecule has 0 aliphatic carbocycles. The van der Waals surface area contributed by atoms with Crippen LogP contribution in [0.3, 0.4) is 0 Å². The van der Waals surface area contributed by atoms with Crippen molar-refractivity contribution in [3.05, 3.63) is 65.4 Å². The summed E-state index contributed by atoms with van der Waals surface area (Å²) in [5.41, 5.74) is -0.452. The van der Waals surface area contributed by atoms with Crippen molar-refractivity contribution in [1.82, 2.24) is 20.0 Å². The van der Waals surface area contributed by atoms with Crippen molar-refractivity contribution in [3.8, 4) is 11.3 Å². The molecule has 4 heterocycles. The van der Waals surface area contributed by atoms with E-state index in [1.807, 2.05) is 26.8 Å². The molecule has 2 aliphatic heterocycles. The van der Waals surface area contributed by atoms with E-state index in [-0.39, 0.29) is 17.0 Å². The molecule has 3 aromatic rings. The summed E-state index contributed by atoms with van der Waals surface area (Å²) in [6.07, 6.45) is 1.09. The van der Waals surface area contributed by atoms with Gasteiger partial charge >= 0.3 is 0 Å². The fourth-order valence-electron chi connectivity index (χ4n) is 6.33. The minimum absolute atomic E-state index is 0.0105. The number of aryl methyl sites for hydroxylation is 1. The van der Waals surface area contributed by atoms with Crippen LogP contribution in [0.1, 0.15) is 49.2 Å². The van der Waals surface area contributed by atoms with Gasteiger partial charge in [0.05, 0.1) is 53.8 Å². The van der Waals surface area contributed by atoms with Crippen LogP contribution in [0.15, 0.2) is 36.7 Å². The molecular weight excluding hydrogens is 561 g/mol. The van der Waals surface area contributed by atoms with Crippen LogP contribution in [0.2, 0.25) is 0 Å². The molecule has 2 aliphatic rings. The molecule has 0 radical (unpaired) electrons. The lowest BCUT2D eigenvalue weighted by atomic mass is 9.80. The van der Waals surface area contributed by atoms with Gasteiger partial charge in [0.25, 0.3) is 0 Å². The Bertz CT molecular complexity index is 1390. The van der Waals surface area contributed by atoms with Gasteiger partial charge in [0.2, 0.25) is 0 Å². The highest BCUT2D eigenvalue weighted by atomic mass is 32.2. The van der Waals surface area contributed by atoms with Gasteiger partial charge in [-0.05, 0) is 44.5 Å². The van der Waals surface area contributed by atoms with Crippen LogP contribution >= 0.6 is 10.9 Å². The molecule has 9 nitrogen and oxygen atoms in total. The minimum atomic E-state index is -1.61. The second-order valence-corrected chi connectivity index (χ2v) is 14.2. The molecular formula is C28H35F3N4O5S. The average molecular weight is 597 g/mol. The number of aliphatic hydroxyl groups is 4. The topological polar surface area (TPSA) is 134 Å². The third-order valence-electron chi connectivity index (χ3n) is 8.15. The zero-order valence-electron chi connectivity index (χ0n) is 23.0. The maximum Gasteiger partial charge on any atom is 0.194 e. The van der Waals surface area contributed by atoms with Crippen LogP contribution in [-0.4, -0.2) is 88.0 Å². The van der Waals surface area contributed by atoms with Crippen molar-refractivity contribution >= 4 is 10.9 Å². The van der Waals surface area contributed by atoms with Gasteiger partial charge in [-0.1, -0.05) is 11.3 Å². The lowest BCUT2D eigenvalue weighted by molar-refractivity contribution is -0.145. The first kappa shape index (κ1) is 29.9. The number of ether oxygens (including phenoxy) is 1. The summed E-state index contributed by atoms with van der Waals surface area (Å²) in [4.78, 5) is 4.63. The number of aromatic nitrogens is 4. The maximum atomic E-state index is 13.8. The molecule has 0 spiro atoms. The highest BCUT2D eigenvalue weighted by Crippen LogP contribution is 2.60. The molecule has 224 valence electrons. The van der Waals surface area contributed by atoms with Gasteiger partial charge in [-0.3, -0.25) is 4.98 Å². The van der Waals surface area contributed by atoms with Gasteiger partial charge in [-0.2, -0.15) is 0 Å². The first-order valence-corrected chi connectivity index (χ1v) is 15.1. The number of hydrogen-bond acceptors (Lipinski definition) is 8.